The minimum atomic E-state index is -1.27. The highest BCUT2D eigenvalue weighted by Gasteiger charge is 2.21. The van der Waals surface area contributed by atoms with Gasteiger partial charge >= 0.3 is 11.9 Å². The third kappa shape index (κ3) is 5.26. The molecule has 0 bridgehead atoms. The normalized spacial score (nSPS) is 10.5. The first kappa shape index (κ1) is 21.8. The largest absolute Gasteiger partial charge is 0.462 e. The Bertz CT molecular complexity index is 916. The Kier molecular flexibility index (Phi) is 7.47. The van der Waals surface area contributed by atoms with Crippen molar-refractivity contribution in [3.63, 3.8) is 0 Å². The number of carbonyl (C=O) groups excluding carboxylic acids is 3. The predicted octanol–water partition coefficient (Wildman–Crippen LogP) is 4.21. The third-order valence-corrected chi connectivity index (χ3v) is 4.95. The second-order valence-electron chi connectivity index (χ2n) is 5.40. The second kappa shape index (κ2) is 9.61. The summed E-state index contributed by atoms with van der Waals surface area (Å²) in [6.45, 7) is 3.01. The van der Waals surface area contributed by atoms with Crippen molar-refractivity contribution in [2.75, 3.05) is 18.5 Å². The van der Waals surface area contributed by atoms with Crippen LogP contribution in [-0.2, 0) is 20.7 Å². The van der Waals surface area contributed by atoms with E-state index in [0.717, 1.165) is 4.88 Å². The van der Waals surface area contributed by atoms with Crippen molar-refractivity contribution < 1.29 is 32.6 Å². The fourth-order valence-electron chi connectivity index (χ4n) is 2.12. The Morgan fingerprint density at radius 3 is 2.32 bits per heavy atom. The molecule has 1 aromatic carbocycles. The molecule has 1 heterocycles. The van der Waals surface area contributed by atoms with E-state index in [1.165, 1.54) is 11.3 Å². The molecule has 2 rings (SSSR count). The standard InChI is InChI=1S/C18H16ClF2NO5S/c1-3-9-5-11(18(25)26-4-2)16(28-9)22-15(23)8-27-17(24)10-6-13(20)14(21)7-12(10)19/h5-7H,3-4,8H2,1-2H3,(H,22,23). The number of thiophene rings is 1. The Morgan fingerprint density at radius 2 is 1.68 bits per heavy atom. The molecule has 0 aliphatic carbocycles. The molecule has 0 spiro atoms. The maximum atomic E-state index is 13.3. The van der Waals surface area contributed by atoms with Gasteiger partial charge in [0.15, 0.2) is 18.2 Å². The van der Waals surface area contributed by atoms with Gasteiger partial charge in [0.05, 0.1) is 22.8 Å². The minimum Gasteiger partial charge on any atom is -0.462 e. The molecule has 2 aromatic rings. The summed E-state index contributed by atoms with van der Waals surface area (Å²) in [7, 11) is 0. The number of nitrogens with one attached hydrogen (secondary N) is 1. The third-order valence-electron chi connectivity index (χ3n) is 3.44. The number of hydrogen-bond donors (Lipinski definition) is 1. The van der Waals surface area contributed by atoms with Crippen LogP contribution in [0, 0.1) is 11.6 Å². The summed E-state index contributed by atoms with van der Waals surface area (Å²) in [5.41, 5.74) is -0.211. The molecule has 150 valence electrons. The van der Waals surface area contributed by atoms with Gasteiger partial charge in [0, 0.05) is 4.88 Å². The quantitative estimate of drug-likeness (QED) is 0.524. The van der Waals surface area contributed by atoms with Gasteiger partial charge in [-0.1, -0.05) is 18.5 Å². The number of amides is 1. The van der Waals surface area contributed by atoms with Crippen LogP contribution in [0.3, 0.4) is 0 Å². The van der Waals surface area contributed by atoms with Gasteiger partial charge in [0.2, 0.25) is 0 Å². The van der Waals surface area contributed by atoms with Gasteiger partial charge in [-0.25, -0.2) is 18.4 Å². The van der Waals surface area contributed by atoms with Crippen molar-refractivity contribution in [2.24, 2.45) is 0 Å². The van der Waals surface area contributed by atoms with Crippen LogP contribution in [0.4, 0.5) is 13.8 Å². The van der Waals surface area contributed by atoms with E-state index in [0.29, 0.717) is 18.6 Å². The van der Waals surface area contributed by atoms with Crippen molar-refractivity contribution in [2.45, 2.75) is 20.3 Å². The van der Waals surface area contributed by atoms with E-state index < -0.39 is 41.7 Å². The summed E-state index contributed by atoms with van der Waals surface area (Å²) < 4.78 is 36.0. The number of anilines is 1. The Labute approximate surface area is 168 Å². The lowest BCUT2D eigenvalue weighted by atomic mass is 10.2. The highest BCUT2D eigenvalue weighted by molar-refractivity contribution is 7.16. The predicted molar refractivity (Wildman–Crippen MR) is 99.9 cm³/mol. The van der Waals surface area contributed by atoms with E-state index >= 15 is 0 Å². The molecule has 0 unspecified atom stereocenters. The van der Waals surface area contributed by atoms with Crippen molar-refractivity contribution in [1.29, 1.82) is 0 Å². The Balaban J connectivity index is 2.05. The molecule has 0 aliphatic heterocycles. The number of carbonyl (C=O) groups is 3. The Hall–Kier alpha value is -2.52. The fraction of sp³-hybridized carbons (Fsp3) is 0.278. The first-order valence-corrected chi connectivity index (χ1v) is 9.37. The smallest absolute Gasteiger partial charge is 0.341 e. The molecule has 1 amide bonds. The summed E-state index contributed by atoms with van der Waals surface area (Å²) in [6.07, 6.45) is 0.649. The molecule has 0 atom stereocenters. The lowest BCUT2D eigenvalue weighted by molar-refractivity contribution is -0.119. The van der Waals surface area contributed by atoms with Gasteiger partial charge in [-0.15, -0.1) is 11.3 Å². The number of benzene rings is 1. The molecule has 1 N–H and O–H groups in total. The average Bonchev–Trinajstić information content (AvgIpc) is 3.06. The summed E-state index contributed by atoms with van der Waals surface area (Å²) in [5.74, 6) is -4.88. The molecule has 0 saturated heterocycles. The number of halogens is 3. The zero-order valence-corrected chi connectivity index (χ0v) is 16.5. The van der Waals surface area contributed by atoms with E-state index in [1.807, 2.05) is 6.92 Å². The highest BCUT2D eigenvalue weighted by Crippen LogP contribution is 2.29. The molecule has 0 saturated carbocycles. The molecule has 1 aromatic heterocycles. The van der Waals surface area contributed by atoms with Crippen LogP contribution < -0.4 is 5.32 Å². The van der Waals surface area contributed by atoms with Gasteiger partial charge in [0.25, 0.3) is 5.91 Å². The van der Waals surface area contributed by atoms with Crippen molar-refractivity contribution in [3.8, 4) is 0 Å². The van der Waals surface area contributed by atoms with Crippen LogP contribution in [0.15, 0.2) is 18.2 Å². The van der Waals surface area contributed by atoms with Crippen LogP contribution >= 0.6 is 22.9 Å². The molecule has 6 nitrogen and oxygen atoms in total. The zero-order valence-electron chi connectivity index (χ0n) is 14.9. The van der Waals surface area contributed by atoms with Gasteiger partial charge in [-0.3, -0.25) is 4.79 Å². The van der Waals surface area contributed by atoms with Crippen LogP contribution in [0.5, 0.6) is 0 Å². The van der Waals surface area contributed by atoms with E-state index in [4.69, 9.17) is 21.1 Å². The van der Waals surface area contributed by atoms with Gasteiger partial charge in [-0.2, -0.15) is 0 Å². The van der Waals surface area contributed by atoms with E-state index in [1.54, 1.807) is 13.0 Å². The number of aryl methyl sites for hydroxylation is 1. The molecule has 28 heavy (non-hydrogen) atoms. The van der Waals surface area contributed by atoms with Gasteiger partial charge < -0.3 is 14.8 Å². The zero-order chi connectivity index (χ0) is 20.8. The lowest BCUT2D eigenvalue weighted by Gasteiger charge is -2.08. The fourth-order valence-corrected chi connectivity index (χ4v) is 3.35. The van der Waals surface area contributed by atoms with Crippen molar-refractivity contribution in [1.82, 2.24) is 0 Å². The van der Waals surface area contributed by atoms with Crippen LogP contribution in [0.2, 0.25) is 5.02 Å². The van der Waals surface area contributed by atoms with Crippen LogP contribution in [-0.4, -0.2) is 31.1 Å². The molecular formula is C18H16ClF2NO5S. The number of rotatable bonds is 7. The highest BCUT2D eigenvalue weighted by atomic mass is 35.5. The molecule has 0 radical (unpaired) electrons. The maximum absolute atomic E-state index is 13.3. The summed E-state index contributed by atoms with van der Waals surface area (Å²) in [5, 5.41) is 2.40. The maximum Gasteiger partial charge on any atom is 0.341 e. The van der Waals surface area contributed by atoms with Gasteiger partial charge in [-0.05, 0) is 31.5 Å². The Morgan fingerprint density at radius 1 is 1.04 bits per heavy atom. The van der Waals surface area contributed by atoms with Gasteiger partial charge in [0.1, 0.15) is 5.00 Å². The van der Waals surface area contributed by atoms with Crippen molar-refractivity contribution in [3.05, 3.63) is 50.9 Å². The van der Waals surface area contributed by atoms with Crippen LogP contribution in [0.1, 0.15) is 39.4 Å². The van der Waals surface area contributed by atoms with Crippen molar-refractivity contribution >= 4 is 45.8 Å². The summed E-state index contributed by atoms with van der Waals surface area (Å²) in [6, 6.07) is 2.84. The lowest BCUT2D eigenvalue weighted by Crippen LogP contribution is -2.21. The number of esters is 2. The second-order valence-corrected chi connectivity index (χ2v) is 6.94. The van der Waals surface area contributed by atoms with E-state index in [-0.39, 0.29) is 22.2 Å². The first-order valence-electron chi connectivity index (χ1n) is 8.18. The minimum absolute atomic E-state index is 0.177. The average molecular weight is 432 g/mol. The number of hydrogen-bond acceptors (Lipinski definition) is 6. The molecular weight excluding hydrogens is 416 g/mol. The molecule has 0 fully saturated rings. The summed E-state index contributed by atoms with van der Waals surface area (Å²) >= 11 is 6.88. The van der Waals surface area contributed by atoms with Crippen LogP contribution in [0.25, 0.3) is 0 Å². The number of ether oxygens (including phenoxy) is 2. The van der Waals surface area contributed by atoms with E-state index in [2.05, 4.69) is 5.32 Å². The molecule has 0 aliphatic rings. The first-order chi connectivity index (χ1) is 13.3. The summed E-state index contributed by atoms with van der Waals surface area (Å²) in [4.78, 5) is 36.9. The SMILES string of the molecule is CCOC(=O)c1cc(CC)sc1NC(=O)COC(=O)c1cc(F)c(F)cc1Cl. The topological polar surface area (TPSA) is 81.7 Å². The molecule has 10 heteroatoms. The monoisotopic (exact) mass is 431 g/mol. The van der Waals surface area contributed by atoms with E-state index in [9.17, 15) is 23.2 Å².